The number of nitrogens with zero attached hydrogens (tertiary/aromatic N) is 1. The lowest BCUT2D eigenvalue weighted by Gasteiger charge is -2.17. The van der Waals surface area contributed by atoms with Gasteiger partial charge in [-0.15, -0.1) is 0 Å². The zero-order valence-electron chi connectivity index (χ0n) is 16.3. The maximum absolute atomic E-state index is 12.9. The van der Waals surface area contributed by atoms with E-state index in [1.807, 2.05) is 32.9 Å². The van der Waals surface area contributed by atoms with Gasteiger partial charge in [-0.2, -0.15) is 0 Å². The Kier molecular flexibility index (Phi) is 6.87. The first kappa shape index (κ1) is 21.1. The minimum Gasteiger partial charge on any atom is -0.452 e. The van der Waals surface area contributed by atoms with Crippen LogP contribution in [0.15, 0.2) is 36.4 Å². The molecule has 1 N–H and O–H groups in total. The summed E-state index contributed by atoms with van der Waals surface area (Å²) in [7, 11) is 1.43. The van der Waals surface area contributed by atoms with Gasteiger partial charge in [0.2, 0.25) is 5.91 Å². The van der Waals surface area contributed by atoms with Gasteiger partial charge in [-0.1, -0.05) is 17.7 Å². The number of anilines is 1. The van der Waals surface area contributed by atoms with Gasteiger partial charge in [0, 0.05) is 12.7 Å². The normalized spacial score (nSPS) is 10.3. The number of hydrogen-bond acceptors (Lipinski definition) is 4. The summed E-state index contributed by atoms with van der Waals surface area (Å²) in [4.78, 5) is 37.6. The van der Waals surface area contributed by atoms with Gasteiger partial charge in [0.15, 0.2) is 6.61 Å². The van der Waals surface area contributed by atoms with Gasteiger partial charge in [-0.25, -0.2) is 9.18 Å². The minimum atomic E-state index is -0.576. The number of carbonyl (C=O) groups is 3. The highest BCUT2D eigenvalue weighted by molar-refractivity contribution is 5.96. The van der Waals surface area contributed by atoms with Gasteiger partial charge in [-0.3, -0.25) is 9.59 Å². The third kappa shape index (κ3) is 5.64. The molecule has 6 nitrogen and oxygen atoms in total. The molecule has 28 heavy (non-hydrogen) atoms. The van der Waals surface area contributed by atoms with Crippen LogP contribution in [0, 0.1) is 26.6 Å². The molecule has 0 fully saturated rings. The number of ether oxygens (including phenoxy) is 1. The molecule has 0 saturated heterocycles. The van der Waals surface area contributed by atoms with Crippen molar-refractivity contribution in [2.24, 2.45) is 0 Å². The number of likely N-dealkylation sites (N-methyl/N-ethyl adjacent to an activating group) is 1. The molecular formula is C21H23FN2O4. The Balaban J connectivity index is 1.87. The topological polar surface area (TPSA) is 75.7 Å². The van der Waals surface area contributed by atoms with Crippen LogP contribution in [-0.4, -0.2) is 42.9 Å². The zero-order valence-corrected chi connectivity index (χ0v) is 16.3. The Labute approximate surface area is 163 Å². The Bertz CT molecular complexity index is 871. The molecule has 0 heterocycles. The van der Waals surface area contributed by atoms with Crippen molar-refractivity contribution >= 4 is 23.5 Å². The zero-order chi connectivity index (χ0) is 20.8. The molecule has 2 amide bonds. The van der Waals surface area contributed by atoms with Crippen molar-refractivity contribution in [1.29, 1.82) is 0 Å². The Morgan fingerprint density at radius 1 is 1.04 bits per heavy atom. The lowest BCUT2D eigenvalue weighted by molar-refractivity contribution is -0.136. The van der Waals surface area contributed by atoms with Crippen LogP contribution in [0.3, 0.4) is 0 Å². The van der Waals surface area contributed by atoms with E-state index in [2.05, 4.69) is 5.32 Å². The highest BCUT2D eigenvalue weighted by Crippen LogP contribution is 2.17. The number of halogens is 1. The number of aryl methyl sites for hydroxylation is 3. The maximum atomic E-state index is 12.9. The van der Waals surface area contributed by atoms with Crippen LogP contribution < -0.4 is 5.32 Å². The molecule has 0 radical (unpaired) electrons. The molecule has 0 spiro atoms. The lowest BCUT2D eigenvalue weighted by atomic mass is 10.00. The Morgan fingerprint density at radius 3 is 2.18 bits per heavy atom. The van der Waals surface area contributed by atoms with E-state index in [-0.39, 0.29) is 6.54 Å². The van der Waals surface area contributed by atoms with E-state index in [9.17, 15) is 18.8 Å². The predicted octanol–water partition coefficient (Wildman–Crippen LogP) is 3.00. The van der Waals surface area contributed by atoms with Crippen molar-refractivity contribution in [3.8, 4) is 0 Å². The molecule has 0 aliphatic rings. The second-order valence-corrected chi connectivity index (χ2v) is 6.65. The molecule has 0 saturated carbocycles. The molecule has 2 rings (SSSR count). The number of rotatable bonds is 6. The van der Waals surface area contributed by atoms with Crippen molar-refractivity contribution in [3.63, 3.8) is 0 Å². The van der Waals surface area contributed by atoms with Crippen molar-refractivity contribution < 1.29 is 23.5 Å². The van der Waals surface area contributed by atoms with Gasteiger partial charge < -0.3 is 15.0 Å². The molecule has 0 unspecified atom stereocenters. The summed E-state index contributed by atoms with van der Waals surface area (Å²) in [6.07, 6.45) is 0. The number of carbonyl (C=O) groups excluding carboxylic acids is 3. The molecular weight excluding hydrogens is 363 g/mol. The van der Waals surface area contributed by atoms with Crippen molar-refractivity contribution in [3.05, 3.63) is 64.5 Å². The highest BCUT2D eigenvalue weighted by Gasteiger charge is 2.18. The quantitative estimate of drug-likeness (QED) is 0.775. The maximum Gasteiger partial charge on any atom is 0.339 e. The molecule has 0 aliphatic heterocycles. The SMILES string of the molecule is Cc1cc(C)c(C(=O)OCC(=O)N(C)CC(=O)Nc2ccc(F)cc2)c(C)c1. The molecule has 2 aromatic rings. The lowest BCUT2D eigenvalue weighted by Crippen LogP contribution is -2.37. The van der Waals surface area contributed by atoms with Crippen LogP contribution in [0.25, 0.3) is 0 Å². The molecule has 148 valence electrons. The molecule has 0 aliphatic carbocycles. The summed E-state index contributed by atoms with van der Waals surface area (Å²) in [5.41, 5.74) is 3.46. The van der Waals surface area contributed by atoms with Crippen LogP contribution in [0.1, 0.15) is 27.0 Å². The van der Waals surface area contributed by atoms with Crippen LogP contribution in [0.4, 0.5) is 10.1 Å². The fraction of sp³-hybridized carbons (Fsp3) is 0.286. The van der Waals surface area contributed by atoms with Crippen molar-refractivity contribution in [1.82, 2.24) is 4.90 Å². The van der Waals surface area contributed by atoms with Crippen LogP contribution in [0.2, 0.25) is 0 Å². The summed E-state index contributed by atoms with van der Waals surface area (Å²) >= 11 is 0. The van der Waals surface area contributed by atoms with Crippen molar-refractivity contribution in [2.45, 2.75) is 20.8 Å². The van der Waals surface area contributed by atoms with Gasteiger partial charge in [0.25, 0.3) is 5.91 Å². The first-order valence-corrected chi connectivity index (χ1v) is 8.71. The number of esters is 1. The van der Waals surface area contributed by atoms with E-state index in [1.165, 1.54) is 31.3 Å². The average Bonchev–Trinajstić information content (AvgIpc) is 2.60. The molecule has 2 aromatic carbocycles. The summed E-state index contributed by atoms with van der Waals surface area (Å²) in [6.45, 7) is 4.86. The number of hydrogen-bond donors (Lipinski definition) is 1. The van der Waals surface area contributed by atoms with E-state index in [0.717, 1.165) is 21.6 Å². The number of benzene rings is 2. The number of nitrogens with one attached hydrogen (secondary N) is 1. The van der Waals surface area contributed by atoms with Gasteiger partial charge >= 0.3 is 5.97 Å². The van der Waals surface area contributed by atoms with E-state index in [4.69, 9.17) is 4.74 Å². The Hall–Kier alpha value is -3.22. The monoisotopic (exact) mass is 386 g/mol. The highest BCUT2D eigenvalue weighted by atomic mass is 19.1. The first-order chi connectivity index (χ1) is 13.2. The van der Waals surface area contributed by atoms with Gasteiger partial charge in [0.05, 0.1) is 12.1 Å². The van der Waals surface area contributed by atoms with Crippen molar-refractivity contribution in [2.75, 3.05) is 25.5 Å². The van der Waals surface area contributed by atoms with Crippen LogP contribution in [-0.2, 0) is 14.3 Å². The van der Waals surface area contributed by atoms with Crippen LogP contribution in [0.5, 0.6) is 0 Å². The smallest absolute Gasteiger partial charge is 0.339 e. The van der Waals surface area contributed by atoms with E-state index < -0.39 is 30.2 Å². The van der Waals surface area contributed by atoms with E-state index in [1.54, 1.807) is 0 Å². The minimum absolute atomic E-state index is 0.226. The summed E-state index contributed by atoms with van der Waals surface area (Å²) < 4.78 is 18.0. The van der Waals surface area contributed by atoms with Gasteiger partial charge in [-0.05, 0) is 56.2 Å². The number of amides is 2. The van der Waals surface area contributed by atoms with E-state index >= 15 is 0 Å². The largest absolute Gasteiger partial charge is 0.452 e. The predicted molar refractivity (Wildman–Crippen MR) is 104 cm³/mol. The van der Waals surface area contributed by atoms with Crippen LogP contribution >= 0.6 is 0 Å². The summed E-state index contributed by atoms with van der Waals surface area (Å²) in [5.74, 6) is -1.94. The fourth-order valence-corrected chi connectivity index (χ4v) is 2.85. The fourth-order valence-electron chi connectivity index (χ4n) is 2.85. The summed E-state index contributed by atoms with van der Waals surface area (Å²) in [5, 5.41) is 2.56. The summed E-state index contributed by atoms with van der Waals surface area (Å²) in [6, 6.07) is 9.03. The Morgan fingerprint density at radius 2 is 1.61 bits per heavy atom. The van der Waals surface area contributed by atoms with Gasteiger partial charge in [0.1, 0.15) is 5.82 Å². The second kappa shape index (κ2) is 9.12. The van der Waals surface area contributed by atoms with E-state index in [0.29, 0.717) is 11.3 Å². The molecule has 7 heteroatoms. The first-order valence-electron chi connectivity index (χ1n) is 8.71. The third-order valence-corrected chi connectivity index (χ3v) is 4.14. The molecule has 0 atom stereocenters. The molecule has 0 bridgehead atoms. The third-order valence-electron chi connectivity index (χ3n) is 4.14. The average molecular weight is 386 g/mol. The molecule has 0 aromatic heterocycles. The standard InChI is InChI=1S/C21H23FN2O4/c1-13-9-14(2)20(15(3)10-13)21(27)28-12-19(26)24(4)11-18(25)23-17-7-5-16(22)6-8-17/h5-10H,11-12H2,1-4H3,(H,23,25). The second-order valence-electron chi connectivity index (χ2n) is 6.65.